The molecule has 0 fully saturated rings. The monoisotopic (exact) mass is 468 g/mol. The molecule has 0 aliphatic rings. The fraction of sp³-hybridized carbons (Fsp3) is 0.167. The van der Waals surface area contributed by atoms with Crippen LogP contribution in [0.15, 0.2) is 70.7 Å². The largest absolute Gasteiger partial charge is 0.497 e. The molecular weight excluding hydrogens is 444 g/mol. The van der Waals surface area contributed by atoms with Crippen molar-refractivity contribution in [2.24, 2.45) is 5.10 Å². The van der Waals surface area contributed by atoms with Gasteiger partial charge < -0.3 is 14.2 Å². The molecule has 0 atom stereocenters. The third-order valence-corrected chi connectivity index (χ3v) is 6.10. The van der Waals surface area contributed by atoms with Crippen LogP contribution in [-0.2, 0) is 10.0 Å². The van der Waals surface area contributed by atoms with Crippen LogP contribution in [-0.4, -0.2) is 34.8 Å². The van der Waals surface area contributed by atoms with Gasteiger partial charge in [-0.2, -0.15) is 13.5 Å². The van der Waals surface area contributed by atoms with Gasteiger partial charge in [0.25, 0.3) is 10.0 Å². The molecule has 1 N–H and O–H groups in total. The maximum absolute atomic E-state index is 12.6. The van der Waals surface area contributed by atoms with Gasteiger partial charge >= 0.3 is 5.97 Å². The lowest BCUT2D eigenvalue weighted by atomic mass is 10.2. The Labute approximate surface area is 192 Å². The van der Waals surface area contributed by atoms with Gasteiger partial charge in [0.15, 0.2) is 11.5 Å². The summed E-state index contributed by atoms with van der Waals surface area (Å²) in [5.74, 6) is 0.573. The molecule has 3 aromatic rings. The summed E-state index contributed by atoms with van der Waals surface area (Å²) in [5, 5.41) is 3.85. The van der Waals surface area contributed by atoms with Gasteiger partial charge in [-0.15, -0.1) is 0 Å². The van der Waals surface area contributed by atoms with Gasteiger partial charge in [0, 0.05) is 0 Å². The number of benzene rings is 3. The SMILES string of the molecule is COc1ccc(C(=O)Oc2ccc(C=NNS(=O)(=O)c3cc(C)ccc3C)cc2OC)cc1. The lowest BCUT2D eigenvalue weighted by Crippen LogP contribution is -2.19. The number of carbonyl (C=O) groups excluding carboxylic acids is 1. The predicted molar refractivity (Wildman–Crippen MR) is 125 cm³/mol. The summed E-state index contributed by atoms with van der Waals surface area (Å²) in [6.45, 7) is 3.53. The topological polar surface area (TPSA) is 103 Å². The van der Waals surface area contributed by atoms with Crippen LogP contribution < -0.4 is 19.0 Å². The highest BCUT2D eigenvalue weighted by Crippen LogP contribution is 2.28. The van der Waals surface area contributed by atoms with E-state index >= 15 is 0 Å². The van der Waals surface area contributed by atoms with E-state index in [4.69, 9.17) is 14.2 Å². The Bertz CT molecular complexity index is 1280. The number of rotatable bonds is 8. The zero-order valence-electron chi connectivity index (χ0n) is 18.7. The minimum absolute atomic E-state index is 0.165. The van der Waals surface area contributed by atoms with Gasteiger partial charge in [-0.25, -0.2) is 9.63 Å². The van der Waals surface area contributed by atoms with Crippen LogP contribution in [0, 0.1) is 13.8 Å². The van der Waals surface area contributed by atoms with Crippen molar-refractivity contribution in [2.45, 2.75) is 18.7 Å². The number of sulfonamides is 1. The van der Waals surface area contributed by atoms with Crippen molar-refractivity contribution in [1.82, 2.24) is 4.83 Å². The molecule has 0 saturated heterocycles. The van der Waals surface area contributed by atoms with Crippen LogP contribution in [0.3, 0.4) is 0 Å². The molecule has 0 heterocycles. The number of nitrogens with one attached hydrogen (secondary N) is 1. The van der Waals surface area contributed by atoms with E-state index in [-0.39, 0.29) is 16.4 Å². The molecule has 33 heavy (non-hydrogen) atoms. The maximum atomic E-state index is 12.6. The van der Waals surface area contributed by atoms with Crippen LogP contribution in [0.5, 0.6) is 17.2 Å². The molecule has 0 aromatic heterocycles. The lowest BCUT2D eigenvalue weighted by Gasteiger charge is -2.10. The molecule has 3 rings (SSSR count). The van der Waals surface area contributed by atoms with Crippen molar-refractivity contribution in [3.05, 3.63) is 82.9 Å². The summed E-state index contributed by atoms with van der Waals surface area (Å²) in [5.41, 5.74) is 2.34. The average Bonchev–Trinajstić information content (AvgIpc) is 2.81. The molecule has 0 unspecified atom stereocenters. The summed E-state index contributed by atoms with van der Waals surface area (Å²) in [7, 11) is -0.842. The highest BCUT2D eigenvalue weighted by atomic mass is 32.2. The first kappa shape index (κ1) is 23.8. The second kappa shape index (κ2) is 10.2. The van der Waals surface area contributed by atoms with Crippen molar-refractivity contribution >= 4 is 22.2 Å². The number of hydrazone groups is 1. The maximum Gasteiger partial charge on any atom is 0.343 e. The fourth-order valence-corrected chi connectivity index (χ4v) is 4.07. The minimum atomic E-state index is -3.82. The smallest absolute Gasteiger partial charge is 0.343 e. The number of nitrogens with zero attached hydrogens (tertiary/aromatic N) is 1. The van der Waals surface area contributed by atoms with Gasteiger partial charge in [-0.1, -0.05) is 12.1 Å². The molecule has 172 valence electrons. The van der Waals surface area contributed by atoms with Gasteiger partial charge in [-0.05, 0) is 79.1 Å². The van der Waals surface area contributed by atoms with E-state index in [1.807, 2.05) is 13.0 Å². The van der Waals surface area contributed by atoms with E-state index in [0.29, 0.717) is 22.4 Å². The van der Waals surface area contributed by atoms with E-state index in [1.54, 1.807) is 61.5 Å². The Morgan fingerprint density at radius 1 is 0.909 bits per heavy atom. The number of carbonyl (C=O) groups is 1. The van der Waals surface area contributed by atoms with E-state index < -0.39 is 16.0 Å². The standard InChI is InChI=1S/C24H24N2O6S/c1-16-5-6-17(2)23(13-16)33(28,29)26-25-15-18-7-12-21(22(14-18)31-4)32-24(27)19-8-10-20(30-3)11-9-19/h5-15,26H,1-4H3. The first-order valence-electron chi connectivity index (χ1n) is 9.90. The van der Waals surface area contributed by atoms with Gasteiger partial charge in [0.2, 0.25) is 0 Å². The molecule has 8 nitrogen and oxygen atoms in total. The zero-order chi connectivity index (χ0) is 24.0. The summed E-state index contributed by atoms with van der Waals surface area (Å²) < 4.78 is 40.9. The molecule has 9 heteroatoms. The molecule has 0 spiro atoms. The summed E-state index contributed by atoms with van der Waals surface area (Å²) in [4.78, 5) is 14.8. The van der Waals surface area contributed by atoms with Crippen molar-refractivity contribution in [1.29, 1.82) is 0 Å². The van der Waals surface area contributed by atoms with E-state index in [0.717, 1.165) is 5.56 Å². The van der Waals surface area contributed by atoms with Crippen molar-refractivity contribution in [3.63, 3.8) is 0 Å². The van der Waals surface area contributed by atoms with Gasteiger partial charge in [0.05, 0.1) is 30.9 Å². The lowest BCUT2D eigenvalue weighted by molar-refractivity contribution is 0.0729. The fourth-order valence-electron chi connectivity index (χ4n) is 2.95. The number of hydrogen-bond acceptors (Lipinski definition) is 7. The molecule has 0 bridgehead atoms. The summed E-state index contributed by atoms with van der Waals surface area (Å²) >= 11 is 0. The summed E-state index contributed by atoms with van der Waals surface area (Å²) in [6, 6.07) is 16.4. The van der Waals surface area contributed by atoms with Crippen LogP contribution in [0.4, 0.5) is 0 Å². The average molecular weight is 469 g/mol. The molecule has 0 radical (unpaired) electrons. The Hall–Kier alpha value is -3.85. The number of methoxy groups -OCH3 is 2. The van der Waals surface area contributed by atoms with Crippen LogP contribution in [0.25, 0.3) is 0 Å². The third kappa shape index (κ3) is 5.89. The first-order chi connectivity index (χ1) is 15.7. The van der Waals surface area contributed by atoms with Crippen LogP contribution >= 0.6 is 0 Å². The number of aryl methyl sites for hydroxylation is 2. The number of ether oxygens (including phenoxy) is 3. The highest BCUT2D eigenvalue weighted by molar-refractivity contribution is 7.89. The summed E-state index contributed by atoms with van der Waals surface area (Å²) in [6.07, 6.45) is 1.33. The molecule has 0 amide bonds. The predicted octanol–water partition coefficient (Wildman–Crippen LogP) is 3.85. The molecule has 0 saturated carbocycles. The van der Waals surface area contributed by atoms with Crippen LogP contribution in [0.2, 0.25) is 0 Å². The van der Waals surface area contributed by atoms with Gasteiger partial charge in [0.1, 0.15) is 5.75 Å². The first-order valence-corrected chi connectivity index (χ1v) is 11.4. The van der Waals surface area contributed by atoms with E-state index in [1.165, 1.54) is 20.4 Å². The van der Waals surface area contributed by atoms with Gasteiger partial charge in [-0.3, -0.25) is 0 Å². The minimum Gasteiger partial charge on any atom is -0.497 e. The molecule has 3 aromatic carbocycles. The number of hydrogen-bond donors (Lipinski definition) is 1. The van der Waals surface area contributed by atoms with Crippen LogP contribution in [0.1, 0.15) is 27.0 Å². The second-order valence-corrected chi connectivity index (χ2v) is 8.78. The van der Waals surface area contributed by atoms with Crippen molar-refractivity contribution in [2.75, 3.05) is 14.2 Å². The Kier molecular flexibility index (Phi) is 7.34. The molecule has 0 aliphatic heterocycles. The Morgan fingerprint density at radius 2 is 1.64 bits per heavy atom. The second-order valence-electron chi connectivity index (χ2n) is 7.15. The highest BCUT2D eigenvalue weighted by Gasteiger charge is 2.16. The van der Waals surface area contributed by atoms with Crippen molar-refractivity contribution in [3.8, 4) is 17.2 Å². The molecular formula is C24H24N2O6S. The third-order valence-electron chi connectivity index (χ3n) is 4.74. The van der Waals surface area contributed by atoms with Crippen molar-refractivity contribution < 1.29 is 27.4 Å². The Balaban J connectivity index is 1.73. The molecule has 0 aliphatic carbocycles. The number of esters is 1. The zero-order valence-corrected chi connectivity index (χ0v) is 19.5. The quantitative estimate of drug-likeness (QED) is 0.233. The van der Waals surface area contributed by atoms with E-state index in [9.17, 15) is 13.2 Å². The normalized spacial score (nSPS) is 11.3. The Morgan fingerprint density at radius 3 is 2.30 bits per heavy atom. The van der Waals surface area contributed by atoms with E-state index in [2.05, 4.69) is 9.93 Å².